The molecule has 0 unspecified atom stereocenters. The van der Waals surface area contributed by atoms with Crippen LogP contribution in [-0.4, -0.2) is 42.6 Å². The molecule has 4 rings (SSSR count). The molecule has 204 valence electrons. The number of methoxy groups -OCH3 is 1. The van der Waals surface area contributed by atoms with Crippen molar-refractivity contribution in [1.29, 1.82) is 0 Å². The molecule has 10 heteroatoms. The van der Waals surface area contributed by atoms with Crippen LogP contribution in [0.25, 0.3) is 6.08 Å². The smallest absolute Gasteiger partial charge is 0.338 e. The molecular weight excluding hydrogens is 520 g/mol. The van der Waals surface area contributed by atoms with Gasteiger partial charge >= 0.3 is 5.97 Å². The third-order valence-corrected chi connectivity index (χ3v) is 6.94. The molecule has 1 aromatic heterocycles. The first-order chi connectivity index (χ1) is 18.8. The van der Waals surface area contributed by atoms with E-state index in [1.807, 2.05) is 6.92 Å². The van der Waals surface area contributed by atoms with Gasteiger partial charge < -0.3 is 24.1 Å². The van der Waals surface area contributed by atoms with Crippen molar-refractivity contribution in [3.63, 3.8) is 0 Å². The number of phenols is 1. The minimum absolute atomic E-state index is 0.00330. The quantitative estimate of drug-likeness (QED) is 0.304. The van der Waals surface area contributed by atoms with Gasteiger partial charge in [0.05, 0.1) is 42.2 Å². The monoisotopic (exact) mass is 550 g/mol. The second-order valence-electron chi connectivity index (χ2n) is 8.47. The third kappa shape index (κ3) is 5.61. The zero-order valence-corrected chi connectivity index (χ0v) is 23.0. The maximum atomic E-state index is 13.8. The lowest BCUT2D eigenvalue weighted by Crippen LogP contribution is -2.40. The molecule has 0 aliphatic carbocycles. The second kappa shape index (κ2) is 12.0. The van der Waals surface area contributed by atoms with E-state index in [1.54, 1.807) is 56.3 Å². The van der Waals surface area contributed by atoms with E-state index in [0.29, 0.717) is 50.9 Å². The van der Waals surface area contributed by atoms with Gasteiger partial charge in [0.2, 0.25) is 0 Å². The summed E-state index contributed by atoms with van der Waals surface area (Å²) in [5.74, 6) is 0.736. The van der Waals surface area contributed by atoms with Gasteiger partial charge in [-0.15, -0.1) is 0 Å². The van der Waals surface area contributed by atoms with E-state index < -0.39 is 12.0 Å². The molecule has 0 saturated heterocycles. The van der Waals surface area contributed by atoms with E-state index >= 15 is 0 Å². The predicted molar refractivity (Wildman–Crippen MR) is 148 cm³/mol. The SMILES string of the molecule is C=CCOc1ccc([C@H]2C(C(=O)OCC)=C(C)N=c3sc(=Cc4ccc(O)c(OC)c4)c(=O)n32)cc1OCC. The number of allylic oxidation sites excluding steroid dienone is 1. The molecule has 1 aliphatic heterocycles. The second-order valence-corrected chi connectivity index (χ2v) is 9.48. The highest BCUT2D eigenvalue weighted by atomic mass is 32.1. The van der Waals surface area contributed by atoms with Gasteiger partial charge in [-0.05, 0) is 62.2 Å². The van der Waals surface area contributed by atoms with Crippen molar-refractivity contribution in [2.45, 2.75) is 26.8 Å². The number of phenolic OH excluding ortho intramolecular Hbond substituents is 1. The molecule has 2 heterocycles. The average Bonchev–Trinajstić information content (AvgIpc) is 3.22. The summed E-state index contributed by atoms with van der Waals surface area (Å²) in [5, 5.41) is 9.94. The standard InChI is InChI=1S/C29H30N2O7S/c1-6-13-38-21-12-10-19(16-23(21)36-7-2)26-25(28(34)37-8-3)17(4)30-29-31(26)27(33)24(39-29)15-18-9-11-20(32)22(14-18)35-5/h6,9-12,14-16,26,32H,1,7-8,13H2,2-5H3/t26-/m0/s1. The Hall–Kier alpha value is -4.31. The number of fused-ring (bicyclic) bond motifs is 1. The molecule has 0 radical (unpaired) electrons. The van der Waals surface area contributed by atoms with Crippen LogP contribution in [0, 0.1) is 0 Å². The van der Waals surface area contributed by atoms with Gasteiger partial charge in [0.15, 0.2) is 27.8 Å². The van der Waals surface area contributed by atoms with Gasteiger partial charge in [0.1, 0.15) is 6.61 Å². The Bertz CT molecular complexity index is 1620. The molecule has 0 fully saturated rings. The predicted octanol–water partition coefficient (Wildman–Crippen LogP) is 3.48. The molecule has 0 amide bonds. The Morgan fingerprint density at radius 3 is 2.62 bits per heavy atom. The minimum Gasteiger partial charge on any atom is -0.504 e. The summed E-state index contributed by atoms with van der Waals surface area (Å²) in [4.78, 5) is 32.0. The van der Waals surface area contributed by atoms with Crippen LogP contribution < -0.4 is 29.1 Å². The highest BCUT2D eigenvalue weighted by Crippen LogP contribution is 2.36. The first-order valence-electron chi connectivity index (χ1n) is 12.4. The topological polar surface area (TPSA) is 109 Å². The van der Waals surface area contributed by atoms with Crippen molar-refractivity contribution in [2.75, 3.05) is 26.9 Å². The fraction of sp³-hybridized carbons (Fsp3) is 0.276. The van der Waals surface area contributed by atoms with Crippen molar-refractivity contribution in [2.24, 2.45) is 4.99 Å². The molecule has 9 nitrogen and oxygen atoms in total. The van der Waals surface area contributed by atoms with E-state index in [1.165, 1.54) is 29.1 Å². The van der Waals surface area contributed by atoms with E-state index in [9.17, 15) is 14.7 Å². The Labute approximate surface area is 229 Å². The number of aromatic nitrogens is 1. The third-order valence-electron chi connectivity index (χ3n) is 5.96. The summed E-state index contributed by atoms with van der Waals surface area (Å²) in [6.45, 7) is 9.87. The summed E-state index contributed by atoms with van der Waals surface area (Å²) in [7, 11) is 1.45. The zero-order valence-electron chi connectivity index (χ0n) is 22.2. The number of aromatic hydroxyl groups is 1. The van der Waals surface area contributed by atoms with Gasteiger partial charge in [-0.1, -0.05) is 36.1 Å². The van der Waals surface area contributed by atoms with Gasteiger partial charge in [0, 0.05) is 0 Å². The van der Waals surface area contributed by atoms with Crippen molar-refractivity contribution in [3.8, 4) is 23.0 Å². The van der Waals surface area contributed by atoms with Crippen molar-refractivity contribution in [3.05, 3.63) is 91.1 Å². The number of esters is 1. The molecule has 0 saturated carbocycles. The van der Waals surface area contributed by atoms with Crippen LogP contribution in [0.15, 0.2) is 70.1 Å². The summed E-state index contributed by atoms with van der Waals surface area (Å²) in [6, 6.07) is 9.33. The number of rotatable bonds is 10. The number of carbonyl (C=O) groups excluding carboxylic acids is 1. The number of hydrogen-bond acceptors (Lipinski definition) is 9. The van der Waals surface area contributed by atoms with Crippen LogP contribution in [0.5, 0.6) is 23.0 Å². The zero-order chi connectivity index (χ0) is 28.1. The number of benzene rings is 2. The number of hydrogen-bond donors (Lipinski definition) is 1. The van der Waals surface area contributed by atoms with Gasteiger partial charge in [0.25, 0.3) is 5.56 Å². The largest absolute Gasteiger partial charge is 0.504 e. The highest BCUT2D eigenvalue weighted by molar-refractivity contribution is 7.07. The Morgan fingerprint density at radius 1 is 1.13 bits per heavy atom. The van der Waals surface area contributed by atoms with Crippen molar-refractivity contribution < 1.29 is 28.8 Å². The first kappa shape index (κ1) is 27.7. The Kier molecular flexibility index (Phi) is 8.55. The van der Waals surface area contributed by atoms with E-state index in [-0.39, 0.29) is 29.2 Å². The lowest BCUT2D eigenvalue weighted by atomic mass is 9.95. The summed E-state index contributed by atoms with van der Waals surface area (Å²) >= 11 is 1.20. The summed E-state index contributed by atoms with van der Waals surface area (Å²) in [5.41, 5.74) is 1.71. The molecular formula is C29H30N2O7S. The molecule has 0 bridgehead atoms. The fourth-order valence-electron chi connectivity index (χ4n) is 4.27. The van der Waals surface area contributed by atoms with Gasteiger partial charge in [-0.3, -0.25) is 9.36 Å². The van der Waals surface area contributed by atoms with Crippen LogP contribution in [0.4, 0.5) is 0 Å². The number of carbonyl (C=O) groups is 1. The molecule has 39 heavy (non-hydrogen) atoms. The Balaban J connectivity index is 1.93. The van der Waals surface area contributed by atoms with Crippen LogP contribution >= 0.6 is 11.3 Å². The normalized spacial score (nSPS) is 14.9. The van der Waals surface area contributed by atoms with E-state index in [2.05, 4.69) is 11.6 Å². The summed E-state index contributed by atoms with van der Waals surface area (Å²) < 4.78 is 24.0. The Morgan fingerprint density at radius 2 is 1.92 bits per heavy atom. The van der Waals surface area contributed by atoms with Gasteiger partial charge in [-0.25, -0.2) is 9.79 Å². The van der Waals surface area contributed by atoms with Crippen LogP contribution in [0.1, 0.15) is 37.9 Å². The molecule has 1 atom stereocenters. The molecule has 1 aliphatic rings. The number of ether oxygens (including phenoxy) is 4. The van der Waals surface area contributed by atoms with Crippen LogP contribution in [-0.2, 0) is 9.53 Å². The van der Waals surface area contributed by atoms with E-state index in [4.69, 9.17) is 18.9 Å². The fourth-order valence-corrected chi connectivity index (χ4v) is 5.32. The first-order valence-corrected chi connectivity index (χ1v) is 13.2. The molecule has 1 N–H and O–H groups in total. The van der Waals surface area contributed by atoms with Crippen molar-refractivity contribution in [1.82, 2.24) is 4.57 Å². The summed E-state index contributed by atoms with van der Waals surface area (Å²) in [6.07, 6.45) is 3.33. The molecule has 3 aromatic rings. The van der Waals surface area contributed by atoms with E-state index in [0.717, 1.165) is 0 Å². The molecule has 0 spiro atoms. The van der Waals surface area contributed by atoms with Crippen LogP contribution in [0.2, 0.25) is 0 Å². The lowest BCUT2D eigenvalue weighted by Gasteiger charge is -2.25. The maximum Gasteiger partial charge on any atom is 0.338 e. The maximum absolute atomic E-state index is 13.8. The van der Waals surface area contributed by atoms with Crippen LogP contribution in [0.3, 0.4) is 0 Å². The number of thiazole rings is 1. The van der Waals surface area contributed by atoms with Crippen molar-refractivity contribution >= 4 is 23.4 Å². The lowest BCUT2D eigenvalue weighted by molar-refractivity contribution is -0.139. The minimum atomic E-state index is -0.801. The highest BCUT2D eigenvalue weighted by Gasteiger charge is 2.34. The number of nitrogens with zero attached hydrogens (tertiary/aromatic N) is 2. The molecule has 2 aromatic carbocycles. The van der Waals surface area contributed by atoms with Gasteiger partial charge in [-0.2, -0.15) is 0 Å². The average molecular weight is 551 g/mol.